The van der Waals surface area contributed by atoms with Gasteiger partial charge in [0.05, 0.1) is 19.5 Å². The summed E-state index contributed by atoms with van der Waals surface area (Å²) >= 11 is 0. The van der Waals surface area contributed by atoms with Crippen LogP contribution in [0.5, 0.6) is 5.75 Å². The second kappa shape index (κ2) is 9.87. The molecule has 0 amide bonds. The van der Waals surface area contributed by atoms with Gasteiger partial charge in [0, 0.05) is 6.07 Å². The Hall–Kier alpha value is -1.65. The van der Waals surface area contributed by atoms with Crippen molar-refractivity contribution < 1.29 is 59.1 Å². The molecule has 13 nitrogen and oxygen atoms in total. The molecule has 13 heteroatoms. The van der Waals surface area contributed by atoms with Crippen molar-refractivity contribution in [3.8, 4) is 5.75 Å². The number of aliphatic hydroxyl groups is 7. The predicted molar refractivity (Wildman–Crippen MR) is 96.7 cm³/mol. The first-order valence-electron chi connectivity index (χ1n) is 9.53. The Morgan fingerprint density at radius 1 is 0.871 bits per heavy atom. The zero-order valence-electron chi connectivity index (χ0n) is 16.4. The van der Waals surface area contributed by atoms with E-state index < -0.39 is 80.1 Å². The second-order valence-electron chi connectivity index (χ2n) is 7.29. The summed E-state index contributed by atoms with van der Waals surface area (Å²) in [6.45, 7) is 0.0144. The molecular weight excluding hydrogens is 424 g/mol. The van der Waals surface area contributed by atoms with Gasteiger partial charge in [-0.15, -0.1) is 0 Å². The van der Waals surface area contributed by atoms with E-state index in [1.807, 2.05) is 0 Å². The maximum absolute atomic E-state index is 12.0. The van der Waals surface area contributed by atoms with Crippen LogP contribution < -0.4 is 10.2 Å². The van der Waals surface area contributed by atoms with Crippen LogP contribution in [0, 0.1) is 6.92 Å². The van der Waals surface area contributed by atoms with E-state index in [0.717, 1.165) is 12.3 Å². The van der Waals surface area contributed by atoms with Crippen molar-refractivity contribution >= 4 is 0 Å². The van der Waals surface area contributed by atoms with Gasteiger partial charge in [0.1, 0.15) is 54.6 Å². The lowest BCUT2D eigenvalue weighted by atomic mass is 9.97. The monoisotopic (exact) mass is 450 g/mol. The Morgan fingerprint density at radius 3 is 2.10 bits per heavy atom. The highest BCUT2D eigenvalue weighted by Gasteiger charge is 2.51. The number of aryl methyl sites for hydroxylation is 1. The number of hydrogen-bond donors (Lipinski definition) is 7. The lowest BCUT2D eigenvalue weighted by Gasteiger charge is -2.45. The minimum Gasteiger partial charge on any atom is -0.465 e. The van der Waals surface area contributed by atoms with Gasteiger partial charge >= 0.3 is 0 Å². The van der Waals surface area contributed by atoms with Gasteiger partial charge in [-0.05, 0) is 6.92 Å². The predicted octanol–water partition coefficient (Wildman–Crippen LogP) is -4.05. The quantitative estimate of drug-likeness (QED) is 0.220. The van der Waals surface area contributed by atoms with Gasteiger partial charge in [0.15, 0.2) is 6.29 Å². The summed E-state index contributed by atoms with van der Waals surface area (Å²) in [5.74, 6) is -0.165. The normalized spacial score (nSPS) is 41.2. The van der Waals surface area contributed by atoms with E-state index in [-0.39, 0.29) is 11.5 Å². The van der Waals surface area contributed by atoms with E-state index in [1.54, 1.807) is 0 Å². The van der Waals surface area contributed by atoms with Gasteiger partial charge in [-0.1, -0.05) is 0 Å². The Labute approximate surface area is 175 Å². The Bertz CT molecular complexity index is 780. The molecule has 31 heavy (non-hydrogen) atoms. The lowest BCUT2D eigenvalue weighted by Crippen LogP contribution is -2.65. The van der Waals surface area contributed by atoms with Crippen LogP contribution in [0.25, 0.3) is 0 Å². The van der Waals surface area contributed by atoms with Crippen LogP contribution in [0.4, 0.5) is 0 Å². The topological polar surface area (TPSA) is 209 Å². The fraction of sp³-hybridized carbons (Fsp3) is 0.722. The molecule has 1 aromatic rings. The third-order valence-electron chi connectivity index (χ3n) is 5.20. The van der Waals surface area contributed by atoms with E-state index in [2.05, 4.69) is 0 Å². The van der Waals surface area contributed by atoms with Gasteiger partial charge in [-0.25, -0.2) is 0 Å². The van der Waals surface area contributed by atoms with E-state index >= 15 is 0 Å². The average Bonchev–Trinajstić information content (AvgIpc) is 2.75. The minimum atomic E-state index is -1.77. The van der Waals surface area contributed by atoms with Crippen molar-refractivity contribution in [1.29, 1.82) is 0 Å². The van der Waals surface area contributed by atoms with Crippen LogP contribution >= 0.6 is 0 Å². The van der Waals surface area contributed by atoms with Crippen LogP contribution in [0.1, 0.15) is 5.76 Å². The molecule has 10 atom stereocenters. The highest BCUT2D eigenvalue weighted by Crippen LogP contribution is 2.30. The largest absolute Gasteiger partial charge is 0.465 e. The maximum Gasteiger partial charge on any atom is 0.229 e. The fourth-order valence-electron chi connectivity index (χ4n) is 3.41. The molecule has 2 saturated heterocycles. The van der Waals surface area contributed by atoms with E-state index in [1.165, 1.54) is 6.92 Å². The molecule has 7 N–H and O–H groups in total. The van der Waals surface area contributed by atoms with Gasteiger partial charge in [-0.3, -0.25) is 4.79 Å². The van der Waals surface area contributed by atoms with Gasteiger partial charge in [0.25, 0.3) is 0 Å². The zero-order valence-corrected chi connectivity index (χ0v) is 16.4. The molecule has 1 aromatic heterocycles. The molecule has 0 saturated carbocycles. The molecule has 2 fully saturated rings. The Morgan fingerprint density at radius 2 is 1.48 bits per heavy atom. The third-order valence-corrected chi connectivity index (χ3v) is 5.20. The molecule has 2 aliphatic rings. The number of aliphatic hydroxyl groups excluding tert-OH is 7. The van der Waals surface area contributed by atoms with Crippen molar-refractivity contribution in [2.24, 2.45) is 0 Å². The van der Waals surface area contributed by atoms with Crippen LogP contribution in [0.2, 0.25) is 0 Å². The molecule has 0 aliphatic carbocycles. The molecular formula is C18H26O13. The van der Waals surface area contributed by atoms with E-state index in [0.29, 0.717) is 0 Å². The van der Waals surface area contributed by atoms with Crippen LogP contribution in [-0.4, -0.2) is 110 Å². The van der Waals surface area contributed by atoms with Crippen molar-refractivity contribution in [2.45, 2.75) is 68.3 Å². The van der Waals surface area contributed by atoms with E-state index in [4.69, 9.17) is 23.4 Å². The summed E-state index contributed by atoms with van der Waals surface area (Å²) in [6, 6.07) is 1.09. The summed E-state index contributed by atoms with van der Waals surface area (Å²) in [5.41, 5.74) is -0.561. The molecule has 0 spiro atoms. The zero-order chi connectivity index (χ0) is 22.9. The summed E-state index contributed by atoms with van der Waals surface area (Å²) in [4.78, 5) is 12.0. The molecule has 0 aromatic carbocycles. The molecule has 2 aliphatic heterocycles. The Balaban J connectivity index is 1.75. The van der Waals surface area contributed by atoms with Gasteiger partial charge < -0.3 is 59.1 Å². The van der Waals surface area contributed by atoms with E-state index in [9.17, 15) is 40.5 Å². The smallest absolute Gasteiger partial charge is 0.229 e. The van der Waals surface area contributed by atoms with Crippen molar-refractivity contribution in [3.63, 3.8) is 0 Å². The molecule has 3 rings (SSSR count). The first kappa shape index (κ1) is 24.0. The third kappa shape index (κ3) is 4.75. The highest BCUT2D eigenvalue weighted by atomic mass is 16.7. The number of hydrogen-bond acceptors (Lipinski definition) is 13. The van der Waals surface area contributed by atoms with Crippen molar-refractivity contribution in [1.82, 2.24) is 0 Å². The molecule has 0 radical (unpaired) electrons. The summed E-state index contributed by atoms with van der Waals surface area (Å²) in [5, 5.41) is 69.7. The Kier molecular flexibility index (Phi) is 7.64. The first-order chi connectivity index (χ1) is 14.7. The van der Waals surface area contributed by atoms with Crippen molar-refractivity contribution in [3.05, 3.63) is 28.3 Å². The fourth-order valence-corrected chi connectivity index (χ4v) is 3.41. The summed E-state index contributed by atoms with van der Waals surface area (Å²) in [6.07, 6.45) is -14.8. The molecule has 0 bridgehead atoms. The van der Waals surface area contributed by atoms with Crippen molar-refractivity contribution in [2.75, 3.05) is 13.2 Å². The summed E-state index contributed by atoms with van der Waals surface area (Å²) < 4.78 is 26.5. The van der Waals surface area contributed by atoms with Gasteiger partial charge in [0.2, 0.25) is 17.5 Å². The van der Waals surface area contributed by atoms with Crippen LogP contribution in [-0.2, 0) is 14.2 Å². The van der Waals surface area contributed by atoms with Gasteiger partial charge in [-0.2, -0.15) is 0 Å². The molecule has 0 unspecified atom stereocenters. The minimum absolute atomic E-state index is 0.0954. The summed E-state index contributed by atoms with van der Waals surface area (Å²) in [7, 11) is 0. The maximum atomic E-state index is 12.0. The molecule has 3 heterocycles. The highest BCUT2D eigenvalue weighted by molar-refractivity contribution is 5.23. The standard InChI is InChI=1S/C18H26O13/c1-6-15(7(21)2-3-27-6)30-18-14(26)12(24)16(9(5-20)29-18)31-17-13(25)11(23)10(22)8(4-19)28-17/h2-3,8-14,16-20,22-26H,4-5H2,1H3/t8-,9-,10-,11+,12-,13-,14-,16-,17-,18+/m1/s1. The average molecular weight is 450 g/mol. The SMILES string of the molecule is Cc1occc(=O)c1O[C@@H]1O[C@H](CO)[C@@H](O[C@H]2O[C@H](CO)[C@@H](O)[C@H](O)[C@H]2O)[C@H](O)[C@H]1O. The molecule has 176 valence electrons. The number of rotatable bonds is 6. The van der Waals surface area contributed by atoms with Crippen LogP contribution in [0.15, 0.2) is 21.5 Å². The number of ether oxygens (including phenoxy) is 4. The lowest BCUT2D eigenvalue weighted by molar-refractivity contribution is -0.352. The van der Waals surface area contributed by atoms with Crippen LogP contribution in [0.3, 0.4) is 0 Å². The first-order valence-corrected chi connectivity index (χ1v) is 9.53. The second-order valence-corrected chi connectivity index (χ2v) is 7.29.